The molecule has 1 amide bonds. The van der Waals surface area contributed by atoms with Crippen LogP contribution in [0.3, 0.4) is 0 Å². The molecule has 1 fully saturated rings. The van der Waals surface area contributed by atoms with Crippen LogP contribution in [0.15, 0.2) is 4.99 Å². The maximum absolute atomic E-state index is 11.5. The summed E-state index contributed by atoms with van der Waals surface area (Å²) in [5, 5.41) is 7.11. The zero-order chi connectivity index (χ0) is 14.8. The predicted molar refractivity (Wildman–Crippen MR) is 87.4 cm³/mol. The Kier molecular flexibility index (Phi) is 8.49. The Morgan fingerprint density at radius 1 is 1.50 bits per heavy atom. The summed E-state index contributed by atoms with van der Waals surface area (Å²) in [7, 11) is 0. The van der Waals surface area contributed by atoms with Crippen LogP contribution in [0.4, 0.5) is 0 Å². The number of guanidine groups is 1. The minimum Gasteiger partial charge on any atom is -0.357 e. The third-order valence-electron chi connectivity index (χ3n) is 3.32. The molecule has 0 spiro atoms. The molecular weight excluding hydrogens is 272 g/mol. The lowest BCUT2D eigenvalue weighted by molar-refractivity contribution is -0.127. The standard InChI is InChI=1S/C14H28N4OS/c1-4-15-14(17-11-12(2)20-3)16-8-6-10-18-9-5-7-13(18)19/h12H,4-11H2,1-3H3,(H2,15,16,17). The quantitative estimate of drug-likeness (QED) is 0.403. The normalized spacial score (nSPS) is 17.4. The van der Waals surface area contributed by atoms with Gasteiger partial charge in [0.2, 0.25) is 5.91 Å². The van der Waals surface area contributed by atoms with Gasteiger partial charge in [0, 0.05) is 37.8 Å². The molecule has 0 aromatic heterocycles. The van der Waals surface area contributed by atoms with Crippen molar-refractivity contribution in [3.63, 3.8) is 0 Å². The van der Waals surface area contributed by atoms with Crippen LogP contribution < -0.4 is 10.6 Å². The minimum absolute atomic E-state index is 0.305. The summed E-state index contributed by atoms with van der Waals surface area (Å²) in [5.74, 6) is 1.18. The minimum atomic E-state index is 0.305. The highest BCUT2D eigenvalue weighted by molar-refractivity contribution is 7.99. The first-order valence-electron chi connectivity index (χ1n) is 7.50. The maximum Gasteiger partial charge on any atom is 0.222 e. The molecule has 0 radical (unpaired) electrons. The van der Waals surface area contributed by atoms with Crippen LogP contribution in [-0.4, -0.2) is 61.0 Å². The van der Waals surface area contributed by atoms with Crippen molar-refractivity contribution in [1.29, 1.82) is 0 Å². The second-order valence-electron chi connectivity index (χ2n) is 5.03. The summed E-state index contributed by atoms with van der Waals surface area (Å²) in [5.41, 5.74) is 0. The van der Waals surface area contributed by atoms with E-state index < -0.39 is 0 Å². The first-order chi connectivity index (χ1) is 9.67. The van der Waals surface area contributed by atoms with Gasteiger partial charge in [-0.2, -0.15) is 11.8 Å². The zero-order valence-electron chi connectivity index (χ0n) is 12.9. The highest BCUT2D eigenvalue weighted by Gasteiger charge is 2.18. The molecule has 1 atom stereocenters. The summed E-state index contributed by atoms with van der Waals surface area (Å²) in [6, 6.07) is 0. The van der Waals surface area contributed by atoms with E-state index in [1.807, 2.05) is 16.7 Å². The second kappa shape index (κ2) is 9.91. The van der Waals surface area contributed by atoms with Gasteiger partial charge in [-0.25, -0.2) is 0 Å². The Morgan fingerprint density at radius 3 is 2.90 bits per heavy atom. The molecule has 2 N–H and O–H groups in total. The Balaban J connectivity index is 2.22. The lowest BCUT2D eigenvalue weighted by Crippen LogP contribution is -2.39. The average Bonchev–Trinajstić information content (AvgIpc) is 2.85. The summed E-state index contributed by atoms with van der Waals surface area (Å²) >= 11 is 1.82. The van der Waals surface area contributed by atoms with Crippen LogP contribution in [0.5, 0.6) is 0 Å². The molecule has 1 aliphatic rings. The van der Waals surface area contributed by atoms with Crippen LogP contribution in [0, 0.1) is 0 Å². The summed E-state index contributed by atoms with van der Waals surface area (Å²) in [6.45, 7) is 8.56. The lowest BCUT2D eigenvalue weighted by Gasteiger charge is -2.16. The van der Waals surface area contributed by atoms with Gasteiger partial charge < -0.3 is 15.5 Å². The van der Waals surface area contributed by atoms with Crippen molar-refractivity contribution in [3.8, 4) is 0 Å². The number of thioether (sulfide) groups is 1. The Labute approximate surface area is 127 Å². The number of carbonyl (C=O) groups is 1. The van der Waals surface area contributed by atoms with Crippen LogP contribution in [0.1, 0.15) is 33.1 Å². The van der Waals surface area contributed by atoms with Crippen molar-refractivity contribution >= 4 is 23.6 Å². The van der Waals surface area contributed by atoms with Gasteiger partial charge in [-0.15, -0.1) is 0 Å². The summed E-state index contributed by atoms with van der Waals surface area (Å²) < 4.78 is 0. The number of hydrogen-bond acceptors (Lipinski definition) is 3. The molecule has 0 aromatic carbocycles. The molecule has 1 aliphatic heterocycles. The molecule has 1 saturated heterocycles. The number of nitrogens with zero attached hydrogens (tertiary/aromatic N) is 2. The van der Waals surface area contributed by atoms with Crippen LogP contribution in [0.25, 0.3) is 0 Å². The van der Waals surface area contributed by atoms with Crippen molar-refractivity contribution in [2.75, 3.05) is 39.0 Å². The van der Waals surface area contributed by atoms with Crippen molar-refractivity contribution in [2.24, 2.45) is 4.99 Å². The van der Waals surface area contributed by atoms with E-state index in [9.17, 15) is 4.79 Å². The number of nitrogens with one attached hydrogen (secondary N) is 2. The summed E-state index contributed by atoms with van der Waals surface area (Å²) in [4.78, 5) is 18.0. The SMILES string of the molecule is CCNC(=NCC(C)SC)NCCCN1CCCC1=O. The highest BCUT2D eigenvalue weighted by atomic mass is 32.2. The first kappa shape index (κ1) is 17.1. The molecule has 0 saturated carbocycles. The number of carbonyl (C=O) groups excluding carboxylic acids is 1. The molecular formula is C14H28N4OS. The predicted octanol–water partition coefficient (Wildman–Crippen LogP) is 1.31. The lowest BCUT2D eigenvalue weighted by atomic mass is 10.4. The van der Waals surface area contributed by atoms with Crippen molar-refractivity contribution in [1.82, 2.24) is 15.5 Å². The number of aliphatic imine (C=N–C) groups is 1. The fourth-order valence-corrected chi connectivity index (χ4v) is 2.28. The highest BCUT2D eigenvalue weighted by Crippen LogP contribution is 2.09. The fourth-order valence-electron chi connectivity index (χ4n) is 2.05. The molecule has 116 valence electrons. The molecule has 0 bridgehead atoms. The monoisotopic (exact) mass is 300 g/mol. The largest absolute Gasteiger partial charge is 0.357 e. The third kappa shape index (κ3) is 6.50. The Morgan fingerprint density at radius 2 is 2.30 bits per heavy atom. The van der Waals surface area contributed by atoms with Gasteiger partial charge in [-0.3, -0.25) is 9.79 Å². The van der Waals surface area contributed by atoms with E-state index in [-0.39, 0.29) is 0 Å². The van der Waals surface area contributed by atoms with E-state index in [1.54, 1.807) is 0 Å². The molecule has 20 heavy (non-hydrogen) atoms. The van der Waals surface area contributed by atoms with Gasteiger partial charge in [-0.05, 0) is 26.0 Å². The van der Waals surface area contributed by atoms with Gasteiger partial charge in [0.1, 0.15) is 0 Å². The van der Waals surface area contributed by atoms with Gasteiger partial charge in [0.25, 0.3) is 0 Å². The van der Waals surface area contributed by atoms with E-state index in [2.05, 4.69) is 35.7 Å². The van der Waals surface area contributed by atoms with E-state index >= 15 is 0 Å². The molecule has 0 aliphatic carbocycles. The fraction of sp³-hybridized carbons (Fsp3) is 0.857. The molecule has 5 nitrogen and oxygen atoms in total. The van der Waals surface area contributed by atoms with Crippen LogP contribution >= 0.6 is 11.8 Å². The molecule has 1 heterocycles. The van der Waals surface area contributed by atoms with E-state index in [1.165, 1.54) is 0 Å². The molecule has 0 aromatic rings. The van der Waals surface area contributed by atoms with Crippen molar-refractivity contribution < 1.29 is 4.79 Å². The first-order valence-corrected chi connectivity index (χ1v) is 8.79. The van der Waals surface area contributed by atoms with Crippen molar-refractivity contribution in [2.45, 2.75) is 38.4 Å². The number of amides is 1. The Hall–Kier alpha value is -0.910. The Bertz CT molecular complexity index is 322. The van der Waals surface area contributed by atoms with Crippen LogP contribution in [-0.2, 0) is 4.79 Å². The number of rotatable bonds is 8. The van der Waals surface area contributed by atoms with Gasteiger partial charge >= 0.3 is 0 Å². The zero-order valence-corrected chi connectivity index (χ0v) is 13.8. The number of hydrogen-bond donors (Lipinski definition) is 2. The average molecular weight is 300 g/mol. The van der Waals surface area contributed by atoms with E-state index in [0.717, 1.165) is 57.9 Å². The van der Waals surface area contributed by atoms with E-state index in [4.69, 9.17) is 0 Å². The number of likely N-dealkylation sites (tertiary alicyclic amines) is 1. The molecule has 6 heteroatoms. The van der Waals surface area contributed by atoms with Crippen molar-refractivity contribution in [3.05, 3.63) is 0 Å². The maximum atomic E-state index is 11.5. The summed E-state index contributed by atoms with van der Waals surface area (Å²) in [6.07, 6.45) is 4.81. The van der Waals surface area contributed by atoms with Gasteiger partial charge in [0.05, 0.1) is 6.54 Å². The second-order valence-corrected chi connectivity index (χ2v) is 6.31. The third-order valence-corrected chi connectivity index (χ3v) is 4.28. The smallest absolute Gasteiger partial charge is 0.222 e. The van der Waals surface area contributed by atoms with Gasteiger partial charge in [0.15, 0.2) is 5.96 Å². The van der Waals surface area contributed by atoms with Gasteiger partial charge in [-0.1, -0.05) is 6.92 Å². The van der Waals surface area contributed by atoms with Crippen LogP contribution in [0.2, 0.25) is 0 Å². The molecule has 1 unspecified atom stereocenters. The molecule has 1 rings (SSSR count). The topological polar surface area (TPSA) is 56.7 Å². The van der Waals surface area contributed by atoms with E-state index in [0.29, 0.717) is 11.2 Å².